The summed E-state index contributed by atoms with van der Waals surface area (Å²) in [5, 5.41) is 10.5. The van der Waals surface area contributed by atoms with Crippen molar-refractivity contribution in [2.24, 2.45) is 0 Å². The van der Waals surface area contributed by atoms with E-state index in [1.807, 2.05) is 49.2 Å². The molecule has 1 spiro atoms. The summed E-state index contributed by atoms with van der Waals surface area (Å²) in [7, 11) is 1.93. The van der Waals surface area contributed by atoms with Gasteiger partial charge in [-0.3, -0.25) is 10.1 Å². The van der Waals surface area contributed by atoms with Crippen LogP contribution < -0.4 is 9.64 Å². The second-order valence-electron chi connectivity index (χ2n) is 6.53. The van der Waals surface area contributed by atoms with Crippen LogP contribution >= 0.6 is 11.8 Å². The molecule has 1 unspecified atom stereocenters. The average molecular weight is 398 g/mol. The van der Waals surface area contributed by atoms with Gasteiger partial charge in [0, 0.05) is 35.2 Å². The molecule has 0 saturated carbocycles. The normalized spacial score (nSPS) is 19.5. The quantitative estimate of drug-likeness (QED) is 0.429. The minimum Gasteiger partial charge on any atom is -0.462 e. The van der Waals surface area contributed by atoms with Gasteiger partial charge in [0.15, 0.2) is 0 Å². The highest BCUT2D eigenvalue weighted by atomic mass is 32.2. The number of fused-ring (bicyclic) bond motifs is 2. The number of likely N-dealkylation sites (N-methyl/N-ethyl adjacent to an activating group) is 1. The van der Waals surface area contributed by atoms with Crippen LogP contribution in [-0.4, -0.2) is 29.6 Å². The molecule has 4 rings (SSSR count). The van der Waals surface area contributed by atoms with Crippen molar-refractivity contribution in [2.75, 3.05) is 18.6 Å². The highest BCUT2D eigenvalue weighted by Gasteiger charge is 2.49. The summed E-state index contributed by atoms with van der Waals surface area (Å²) >= 11 is 1.53. The third kappa shape index (κ3) is 2.63. The fourth-order valence-corrected chi connectivity index (χ4v) is 4.83. The Morgan fingerprint density at radius 1 is 1.36 bits per heavy atom. The van der Waals surface area contributed by atoms with Crippen molar-refractivity contribution in [1.29, 1.82) is 0 Å². The molecule has 0 radical (unpaired) electrons. The second-order valence-corrected chi connectivity index (χ2v) is 7.73. The lowest BCUT2D eigenvalue weighted by atomic mass is 10.0. The van der Waals surface area contributed by atoms with Crippen molar-refractivity contribution in [1.82, 2.24) is 0 Å². The maximum atomic E-state index is 12.5. The van der Waals surface area contributed by atoms with Crippen LogP contribution in [0.25, 0.3) is 6.08 Å². The second kappa shape index (κ2) is 6.56. The van der Waals surface area contributed by atoms with Gasteiger partial charge < -0.3 is 14.4 Å². The fourth-order valence-electron chi connectivity index (χ4n) is 3.50. The largest absolute Gasteiger partial charge is 0.462 e. The molecule has 28 heavy (non-hydrogen) atoms. The summed E-state index contributed by atoms with van der Waals surface area (Å²) in [6, 6.07) is 10.6. The summed E-state index contributed by atoms with van der Waals surface area (Å²) in [5.74, 6) is -0.351. The molecule has 1 atom stereocenters. The number of anilines is 1. The highest BCUT2D eigenvalue weighted by molar-refractivity contribution is 8.01. The number of hydrogen-bond donors (Lipinski definition) is 0. The van der Waals surface area contributed by atoms with Gasteiger partial charge >= 0.3 is 5.97 Å². The maximum absolute atomic E-state index is 12.5. The minimum atomic E-state index is -0.867. The molecule has 0 amide bonds. The number of nitro groups is 1. The summed E-state index contributed by atoms with van der Waals surface area (Å²) in [6.07, 6.45) is 1.84. The van der Waals surface area contributed by atoms with E-state index < -0.39 is 15.9 Å². The van der Waals surface area contributed by atoms with E-state index in [0.29, 0.717) is 11.3 Å². The molecule has 8 heteroatoms. The number of para-hydroxylation sites is 1. The molecule has 0 saturated heterocycles. The third-order valence-electron chi connectivity index (χ3n) is 4.84. The van der Waals surface area contributed by atoms with E-state index in [9.17, 15) is 14.9 Å². The van der Waals surface area contributed by atoms with Gasteiger partial charge in [-0.25, -0.2) is 4.79 Å². The monoisotopic (exact) mass is 398 g/mol. The number of hydrogen-bond acceptors (Lipinski definition) is 7. The average Bonchev–Trinajstić information content (AvgIpc) is 2.95. The van der Waals surface area contributed by atoms with Gasteiger partial charge in [0.05, 0.1) is 17.2 Å². The topological polar surface area (TPSA) is 81.9 Å². The zero-order valence-corrected chi connectivity index (χ0v) is 16.4. The standard InChI is InChI=1S/C20H18N2O5S/c1-4-26-19(23)15-11-14(22(24)25)10-13-9-12(2)20(27-18(13)15)21(3)16-7-5-6-8-17(16)28-20/h5-11H,4H2,1-3H3. The molecule has 144 valence electrons. The van der Waals surface area contributed by atoms with Crippen molar-refractivity contribution >= 4 is 35.2 Å². The minimum absolute atomic E-state index is 0.0548. The molecule has 0 bridgehead atoms. The van der Waals surface area contributed by atoms with Gasteiger partial charge in [0.25, 0.3) is 10.7 Å². The van der Waals surface area contributed by atoms with E-state index in [4.69, 9.17) is 9.47 Å². The molecule has 7 nitrogen and oxygen atoms in total. The van der Waals surface area contributed by atoms with Crippen molar-refractivity contribution in [2.45, 2.75) is 23.8 Å². The van der Waals surface area contributed by atoms with Crippen LogP contribution in [0.5, 0.6) is 5.75 Å². The van der Waals surface area contributed by atoms with Crippen molar-refractivity contribution < 1.29 is 19.2 Å². The Kier molecular flexibility index (Phi) is 4.30. The number of esters is 1. The molecule has 2 heterocycles. The summed E-state index contributed by atoms with van der Waals surface area (Å²) in [6.45, 7) is 3.77. The lowest BCUT2D eigenvalue weighted by Gasteiger charge is -2.40. The number of nitro benzene ring substituents is 1. The number of non-ortho nitro benzene ring substituents is 1. The van der Waals surface area contributed by atoms with Gasteiger partial charge in [-0.15, -0.1) is 0 Å². The van der Waals surface area contributed by atoms with Gasteiger partial charge in [0.1, 0.15) is 11.3 Å². The van der Waals surface area contributed by atoms with Crippen LogP contribution in [0.15, 0.2) is 46.9 Å². The van der Waals surface area contributed by atoms with Crippen LogP contribution in [0.3, 0.4) is 0 Å². The summed E-state index contributed by atoms with van der Waals surface area (Å²) in [4.78, 5) is 26.4. The van der Waals surface area contributed by atoms with E-state index >= 15 is 0 Å². The molecule has 2 aromatic rings. The number of ether oxygens (including phenoxy) is 2. The van der Waals surface area contributed by atoms with E-state index in [2.05, 4.69) is 0 Å². The third-order valence-corrected chi connectivity index (χ3v) is 6.36. The zero-order valence-electron chi connectivity index (χ0n) is 15.6. The predicted octanol–water partition coefficient (Wildman–Crippen LogP) is 4.46. The lowest BCUT2D eigenvalue weighted by Crippen LogP contribution is -2.48. The molecule has 0 fully saturated rings. The van der Waals surface area contributed by atoms with Gasteiger partial charge in [-0.05, 0) is 43.8 Å². The molecular formula is C20H18N2O5S. The van der Waals surface area contributed by atoms with E-state index in [1.165, 1.54) is 23.9 Å². The molecule has 2 aromatic carbocycles. The fraction of sp³-hybridized carbons (Fsp3) is 0.250. The Hall–Kier alpha value is -3.00. The van der Waals surface area contributed by atoms with Gasteiger partial charge in [0.2, 0.25) is 0 Å². The lowest BCUT2D eigenvalue weighted by molar-refractivity contribution is -0.384. The first-order valence-electron chi connectivity index (χ1n) is 8.76. The van der Waals surface area contributed by atoms with Crippen molar-refractivity contribution in [3.63, 3.8) is 0 Å². The predicted molar refractivity (Wildman–Crippen MR) is 107 cm³/mol. The Balaban J connectivity index is 1.87. The molecule has 0 aliphatic carbocycles. The Morgan fingerprint density at radius 2 is 2.11 bits per heavy atom. The maximum Gasteiger partial charge on any atom is 0.342 e. The molecular weight excluding hydrogens is 380 g/mol. The van der Waals surface area contributed by atoms with Crippen LogP contribution in [-0.2, 0) is 4.74 Å². The molecule has 2 aliphatic heterocycles. The first-order chi connectivity index (χ1) is 13.4. The van der Waals surface area contributed by atoms with Crippen LogP contribution in [0.2, 0.25) is 0 Å². The zero-order chi connectivity index (χ0) is 20.1. The number of carbonyl (C=O) groups excluding carboxylic acids is 1. The Labute approximate surface area is 166 Å². The smallest absolute Gasteiger partial charge is 0.342 e. The van der Waals surface area contributed by atoms with E-state index in [1.54, 1.807) is 6.92 Å². The van der Waals surface area contributed by atoms with E-state index in [0.717, 1.165) is 16.2 Å². The van der Waals surface area contributed by atoms with Gasteiger partial charge in [-0.2, -0.15) is 0 Å². The molecule has 0 N–H and O–H groups in total. The van der Waals surface area contributed by atoms with Gasteiger partial charge in [-0.1, -0.05) is 12.1 Å². The summed E-state index contributed by atoms with van der Waals surface area (Å²) < 4.78 is 11.5. The number of rotatable bonds is 3. The Bertz CT molecular complexity index is 1040. The number of benzene rings is 2. The van der Waals surface area contributed by atoms with Crippen molar-refractivity contribution in [3.8, 4) is 5.75 Å². The Morgan fingerprint density at radius 3 is 2.79 bits per heavy atom. The van der Waals surface area contributed by atoms with Crippen LogP contribution in [0.1, 0.15) is 29.8 Å². The molecule has 0 aromatic heterocycles. The first kappa shape index (κ1) is 18.4. The van der Waals surface area contributed by atoms with E-state index in [-0.39, 0.29) is 17.9 Å². The molecule has 2 aliphatic rings. The van der Waals surface area contributed by atoms with Crippen LogP contribution in [0, 0.1) is 10.1 Å². The number of thioether (sulfide) groups is 1. The van der Waals surface area contributed by atoms with Crippen molar-refractivity contribution in [3.05, 3.63) is 63.2 Å². The number of nitrogens with zero attached hydrogens (tertiary/aromatic N) is 2. The van der Waals surface area contributed by atoms with Crippen LogP contribution in [0.4, 0.5) is 11.4 Å². The number of carbonyl (C=O) groups is 1. The highest BCUT2D eigenvalue weighted by Crippen LogP contribution is 2.56. The first-order valence-corrected chi connectivity index (χ1v) is 9.58. The summed E-state index contributed by atoms with van der Waals surface area (Å²) in [5.41, 5.74) is 2.26. The SMILES string of the molecule is CCOC(=O)c1cc([N+](=O)[O-])cc2c1OC1(Sc3ccccc3N1C)C(C)=C2.